The van der Waals surface area contributed by atoms with E-state index in [2.05, 4.69) is 31.7 Å². The zero-order chi connectivity index (χ0) is 10.6. The minimum absolute atomic E-state index is 0.0826. The summed E-state index contributed by atoms with van der Waals surface area (Å²) in [5.74, 6) is 0.520. The van der Waals surface area contributed by atoms with Crippen molar-refractivity contribution in [1.29, 1.82) is 0 Å². The fourth-order valence-corrected chi connectivity index (χ4v) is 1.88. The second-order valence-electron chi connectivity index (χ2n) is 4.21. The van der Waals surface area contributed by atoms with Crippen LogP contribution in [0.1, 0.15) is 27.2 Å². The highest BCUT2D eigenvalue weighted by atomic mass is 16.3. The lowest BCUT2D eigenvalue weighted by atomic mass is 9.81. The first-order chi connectivity index (χ1) is 6.62. The van der Waals surface area contributed by atoms with Gasteiger partial charge in [0.15, 0.2) is 0 Å². The van der Waals surface area contributed by atoms with E-state index in [4.69, 9.17) is 0 Å². The minimum atomic E-state index is -0.0826. The van der Waals surface area contributed by atoms with Crippen molar-refractivity contribution in [3.05, 3.63) is 24.0 Å². The van der Waals surface area contributed by atoms with E-state index in [9.17, 15) is 5.11 Å². The lowest BCUT2D eigenvalue weighted by molar-refractivity contribution is 0.153. The van der Waals surface area contributed by atoms with Gasteiger partial charge in [0.1, 0.15) is 0 Å². The molecule has 0 heterocycles. The van der Waals surface area contributed by atoms with Gasteiger partial charge in [-0.05, 0) is 25.6 Å². The SMILES string of the molecule is CCN(CC)CC1(C)CC=CC=C1O. The molecular weight excluding hydrogens is 174 g/mol. The van der Waals surface area contributed by atoms with Gasteiger partial charge < -0.3 is 10.0 Å². The van der Waals surface area contributed by atoms with E-state index in [0.29, 0.717) is 5.76 Å². The predicted octanol–water partition coefficient (Wildman–Crippen LogP) is 2.74. The highest BCUT2D eigenvalue weighted by Gasteiger charge is 2.30. The first-order valence-electron chi connectivity index (χ1n) is 5.41. The van der Waals surface area contributed by atoms with Crippen molar-refractivity contribution < 1.29 is 5.11 Å². The lowest BCUT2D eigenvalue weighted by Gasteiger charge is -2.34. The fraction of sp³-hybridized carbons (Fsp3) is 0.667. The number of nitrogens with zero attached hydrogens (tertiary/aromatic N) is 1. The van der Waals surface area contributed by atoms with Crippen LogP contribution in [0.15, 0.2) is 24.0 Å². The summed E-state index contributed by atoms with van der Waals surface area (Å²) >= 11 is 0. The van der Waals surface area contributed by atoms with E-state index in [1.807, 2.05) is 12.2 Å². The maximum atomic E-state index is 9.85. The Morgan fingerprint density at radius 3 is 2.57 bits per heavy atom. The van der Waals surface area contributed by atoms with Crippen molar-refractivity contribution in [2.45, 2.75) is 27.2 Å². The normalized spacial score (nSPS) is 26.7. The molecule has 0 fully saturated rings. The number of hydrogen-bond acceptors (Lipinski definition) is 2. The Kier molecular flexibility index (Phi) is 3.76. The summed E-state index contributed by atoms with van der Waals surface area (Å²) < 4.78 is 0. The summed E-state index contributed by atoms with van der Waals surface area (Å²) in [6.45, 7) is 9.47. The van der Waals surface area contributed by atoms with Crippen LogP contribution in [0.3, 0.4) is 0 Å². The third kappa shape index (κ3) is 2.38. The molecule has 1 aliphatic carbocycles. The summed E-state index contributed by atoms with van der Waals surface area (Å²) in [7, 11) is 0. The zero-order valence-electron chi connectivity index (χ0n) is 9.45. The van der Waals surface area contributed by atoms with Crippen LogP contribution in [-0.4, -0.2) is 29.6 Å². The molecular formula is C12H21NO. The Morgan fingerprint density at radius 1 is 1.43 bits per heavy atom. The van der Waals surface area contributed by atoms with Crippen LogP contribution in [0.2, 0.25) is 0 Å². The van der Waals surface area contributed by atoms with E-state index >= 15 is 0 Å². The van der Waals surface area contributed by atoms with Crippen molar-refractivity contribution in [3.8, 4) is 0 Å². The molecule has 0 bridgehead atoms. The lowest BCUT2D eigenvalue weighted by Crippen LogP contribution is -2.37. The van der Waals surface area contributed by atoms with Crippen LogP contribution >= 0.6 is 0 Å². The molecule has 0 saturated heterocycles. The van der Waals surface area contributed by atoms with Crippen LogP contribution in [-0.2, 0) is 0 Å². The number of allylic oxidation sites excluding steroid dienone is 3. The maximum absolute atomic E-state index is 9.85. The molecule has 0 saturated carbocycles. The average molecular weight is 195 g/mol. The topological polar surface area (TPSA) is 23.5 Å². The first kappa shape index (κ1) is 11.3. The van der Waals surface area contributed by atoms with Gasteiger partial charge in [0.05, 0.1) is 5.76 Å². The van der Waals surface area contributed by atoms with Gasteiger partial charge in [0.25, 0.3) is 0 Å². The van der Waals surface area contributed by atoms with E-state index < -0.39 is 0 Å². The maximum Gasteiger partial charge on any atom is 0.0997 e. The standard InChI is InChI=1S/C12H21NO/c1-4-13(5-2)10-12(3)9-7-6-8-11(12)14/h6-8,14H,4-5,9-10H2,1-3H3. The van der Waals surface area contributed by atoms with Gasteiger partial charge in [0, 0.05) is 12.0 Å². The Morgan fingerprint density at radius 2 is 2.07 bits per heavy atom. The van der Waals surface area contributed by atoms with Gasteiger partial charge in [-0.3, -0.25) is 0 Å². The monoisotopic (exact) mass is 195 g/mol. The first-order valence-corrected chi connectivity index (χ1v) is 5.41. The third-order valence-corrected chi connectivity index (χ3v) is 3.04. The van der Waals surface area contributed by atoms with Gasteiger partial charge in [-0.1, -0.05) is 32.9 Å². The van der Waals surface area contributed by atoms with Crippen LogP contribution in [0.5, 0.6) is 0 Å². The number of aliphatic hydroxyl groups excluding tert-OH is 1. The van der Waals surface area contributed by atoms with E-state index in [1.165, 1.54) is 0 Å². The van der Waals surface area contributed by atoms with Crippen molar-refractivity contribution in [2.24, 2.45) is 5.41 Å². The molecule has 1 aliphatic rings. The summed E-state index contributed by atoms with van der Waals surface area (Å²) in [5.41, 5.74) is -0.0826. The molecule has 0 aromatic heterocycles. The molecule has 0 aromatic rings. The van der Waals surface area contributed by atoms with E-state index in [0.717, 1.165) is 26.1 Å². The molecule has 0 radical (unpaired) electrons. The van der Waals surface area contributed by atoms with Crippen LogP contribution in [0.25, 0.3) is 0 Å². The van der Waals surface area contributed by atoms with Gasteiger partial charge in [-0.25, -0.2) is 0 Å². The molecule has 0 spiro atoms. The van der Waals surface area contributed by atoms with Gasteiger partial charge in [-0.15, -0.1) is 0 Å². The Bertz CT molecular complexity index is 241. The Labute approximate surface area is 86.9 Å². The third-order valence-electron chi connectivity index (χ3n) is 3.04. The van der Waals surface area contributed by atoms with Crippen molar-refractivity contribution in [3.63, 3.8) is 0 Å². The molecule has 2 heteroatoms. The zero-order valence-corrected chi connectivity index (χ0v) is 9.45. The second kappa shape index (κ2) is 4.65. The van der Waals surface area contributed by atoms with Crippen LogP contribution in [0.4, 0.5) is 0 Å². The largest absolute Gasteiger partial charge is 0.512 e. The van der Waals surface area contributed by atoms with E-state index in [1.54, 1.807) is 0 Å². The number of hydrogen-bond donors (Lipinski definition) is 1. The van der Waals surface area contributed by atoms with Crippen molar-refractivity contribution in [2.75, 3.05) is 19.6 Å². The highest BCUT2D eigenvalue weighted by molar-refractivity contribution is 5.20. The smallest absolute Gasteiger partial charge is 0.0997 e. The predicted molar refractivity (Wildman–Crippen MR) is 60.4 cm³/mol. The van der Waals surface area contributed by atoms with Gasteiger partial charge in [-0.2, -0.15) is 0 Å². The summed E-state index contributed by atoms with van der Waals surface area (Å²) in [4.78, 5) is 2.35. The molecule has 14 heavy (non-hydrogen) atoms. The van der Waals surface area contributed by atoms with Crippen LogP contribution in [0, 0.1) is 5.41 Å². The Hall–Kier alpha value is -0.760. The van der Waals surface area contributed by atoms with Crippen molar-refractivity contribution in [1.82, 2.24) is 4.90 Å². The molecule has 1 atom stereocenters. The average Bonchev–Trinajstić information content (AvgIpc) is 2.19. The van der Waals surface area contributed by atoms with E-state index in [-0.39, 0.29) is 5.41 Å². The van der Waals surface area contributed by atoms with Gasteiger partial charge in [0.2, 0.25) is 0 Å². The fourth-order valence-electron chi connectivity index (χ4n) is 1.88. The summed E-state index contributed by atoms with van der Waals surface area (Å²) in [6, 6.07) is 0. The quantitative estimate of drug-likeness (QED) is 0.745. The summed E-state index contributed by atoms with van der Waals surface area (Å²) in [5, 5.41) is 9.85. The van der Waals surface area contributed by atoms with Crippen LogP contribution < -0.4 is 0 Å². The molecule has 2 nitrogen and oxygen atoms in total. The van der Waals surface area contributed by atoms with Gasteiger partial charge >= 0.3 is 0 Å². The highest BCUT2D eigenvalue weighted by Crippen LogP contribution is 2.33. The second-order valence-corrected chi connectivity index (χ2v) is 4.21. The number of aliphatic hydroxyl groups is 1. The molecule has 1 unspecified atom stereocenters. The molecule has 80 valence electrons. The molecule has 1 rings (SSSR count). The Balaban J connectivity index is 2.66. The minimum Gasteiger partial charge on any atom is -0.512 e. The molecule has 0 aliphatic heterocycles. The number of rotatable bonds is 4. The molecule has 0 aromatic carbocycles. The molecule has 1 N–H and O–H groups in total. The summed E-state index contributed by atoms with van der Waals surface area (Å²) in [6.07, 6.45) is 6.81. The molecule has 0 amide bonds. The van der Waals surface area contributed by atoms with Crippen molar-refractivity contribution >= 4 is 0 Å².